The van der Waals surface area contributed by atoms with Gasteiger partial charge in [-0.1, -0.05) is 6.92 Å². The van der Waals surface area contributed by atoms with Crippen molar-refractivity contribution >= 4 is 5.97 Å². The Hall–Kier alpha value is -0.740. The van der Waals surface area contributed by atoms with Gasteiger partial charge >= 0.3 is 12.1 Å². The Bertz CT molecular complexity index is 256. The van der Waals surface area contributed by atoms with E-state index >= 15 is 0 Å². The number of alkyl halides is 3. The number of halogens is 3. The van der Waals surface area contributed by atoms with Crippen LogP contribution in [-0.4, -0.2) is 18.2 Å². The maximum atomic E-state index is 12.7. The summed E-state index contributed by atoms with van der Waals surface area (Å²) in [7, 11) is 0. The van der Waals surface area contributed by atoms with Gasteiger partial charge in [-0.05, 0) is 39.0 Å². The highest BCUT2D eigenvalue weighted by molar-refractivity contribution is 5.77. The van der Waals surface area contributed by atoms with E-state index < -0.39 is 17.6 Å². The Kier molecular flexibility index (Phi) is 3.86. The van der Waals surface area contributed by atoms with E-state index in [1.54, 1.807) is 0 Å². The van der Waals surface area contributed by atoms with Crippen molar-refractivity contribution in [2.75, 3.05) is 0 Å². The molecule has 0 radical (unpaired) electrons. The molecule has 94 valence electrons. The molecule has 0 N–H and O–H groups in total. The van der Waals surface area contributed by atoms with E-state index in [0.717, 1.165) is 19.8 Å². The third-order valence-corrected chi connectivity index (χ3v) is 3.36. The fourth-order valence-electron chi connectivity index (χ4n) is 1.75. The molecule has 0 aromatic carbocycles. The van der Waals surface area contributed by atoms with Gasteiger partial charge in [-0.2, -0.15) is 13.2 Å². The van der Waals surface area contributed by atoms with Crippen molar-refractivity contribution in [1.82, 2.24) is 0 Å². The number of carbonyl (C=O) groups excluding carboxylic acids is 1. The molecule has 0 heterocycles. The van der Waals surface area contributed by atoms with Gasteiger partial charge in [0.25, 0.3) is 0 Å². The summed E-state index contributed by atoms with van der Waals surface area (Å²) >= 11 is 0. The van der Waals surface area contributed by atoms with Crippen LogP contribution < -0.4 is 0 Å². The van der Waals surface area contributed by atoms with Crippen LogP contribution >= 0.6 is 0 Å². The van der Waals surface area contributed by atoms with Gasteiger partial charge in [-0.3, -0.25) is 4.79 Å². The van der Waals surface area contributed by atoms with Crippen LogP contribution in [0.5, 0.6) is 0 Å². The van der Waals surface area contributed by atoms with Crippen molar-refractivity contribution < 1.29 is 22.7 Å². The molecule has 2 nitrogen and oxygen atoms in total. The molecule has 1 aliphatic carbocycles. The lowest BCUT2D eigenvalue weighted by molar-refractivity contribution is -0.233. The van der Waals surface area contributed by atoms with E-state index in [-0.39, 0.29) is 12.5 Å². The zero-order chi connectivity index (χ0) is 12.4. The first-order chi connectivity index (χ1) is 7.31. The summed E-state index contributed by atoms with van der Waals surface area (Å²) in [5, 5.41) is 0. The van der Waals surface area contributed by atoms with Gasteiger partial charge in [0.2, 0.25) is 0 Å². The molecule has 1 rings (SSSR count). The minimum Gasteiger partial charge on any atom is -0.462 e. The first-order valence-electron chi connectivity index (χ1n) is 5.59. The van der Waals surface area contributed by atoms with Gasteiger partial charge in [-0.15, -0.1) is 0 Å². The molecule has 1 fully saturated rings. The molecule has 0 aromatic rings. The second-order valence-electron chi connectivity index (χ2n) is 4.50. The molecule has 0 spiro atoms. The minimum atomic E-state index is -4.54. The van der Waals surface area contributed by atoms with Gasteiger partial charge in [-0.25, -0.2) is 0 Å². The topological polar surface area (TPSA) is 26.3 Å². The second-order valence-corrected chi connectivity index (χ2v) is 4.50. The van der Waals surface area contributed by atoms with Crippen LogP contribution in [0.25, 0.3) is 0 Å². The molecule has 0 aromatic heterocycles. The van der Waals surface area contributed by atoms with E-state index in [9.17, 15) is 18.0 Å². The molecule has 1 aliphatic rings. The van der Waals surface area contributed by atoms with Crippen LogP contribution in [0.1, 0.15) is 46.0 Å². The number of hydrogen-bond acceptors (Lipinski definition) is 2. The normalized spacial score (nSPS) is 21.8. The zero-order valence-corrected chi connectivity index (χ0v) is 9.56. The Morgan fingerprint density at radius 3 is 2.19 bits per heavy atom. The highest BCUT2D eigenvalue weighted by Crippen LogP contribution is 2.42. The third-order valence-electron chi connectivity index (χ3n) is 3.36. The van der Waals surface area contributed by atoms with Gasteiger partial charge in [0.1, 0.15) is 6.10 Å². The van der Waals surface area contributed by atoms with Gasteiger partial charge < -0.3 is 4.74 Å². The van der Waals surface area contributed by atoms with E-state index in [1.165, 1.54) is 6.92 Å². The standard InChI is InChI=1S/C11H17F3O2/c1-3-10(2,11(12,13)14)9(15)16-8-6-4-5-7-8/h8H,3-7H2,1-2H3. The van der Waals surface area contributed by atoms with Gasteiger partial charge in [0.05, 0.1) is 0 Å². The fourth-order valence-corrected chi connectivity index (χ4v) is 1.75. The summed E-state index contributed by atoms with van der Waals surface area (Å²) in [6.45, 7) is 2.26. The minimum absolute atomic E-state index is 0.290. The van der Waals surface area contributed by atoms with Crippen molar-refractivity contribution in [2.45, 2.75) is 58.2 Å². The summed E-state index contributed by atoms with van der Waals surface area (Å²) in [4.78, 5) is 11.6. The van der Waals surface area contributed by atoms with Crippen molar-refractivity contribution in [2.24, 2.45) is 5.41 Å². The zero-order valence-electron chi connectivity index (χ0n) is 9.56. The number of ether oxygens (including phenoxy) is 1. The molecule has 0 amide bonds. The SMILES string of the molecule is CCC(C)(C(=O)OC1CCCC1)C(F)(F)F. The van der Waals surface area contributed by atoms with Gasteiger partial charge in [0, 0.05) is 0 Å². The number of hydrogen-bond donors (Lipinski definition) is 0. The van der Waals surface area contributed by atoms with E-state index in [4.69, 9.17) is 4.74 Å². The summed E-state index contributed by atoms with van der Waals surface area (Å²) in [6, 6.07) is 0. The van der Waals surface area contributed by atoms with E-state index in [2.05, 4.69) is 0 Å². The highest BCUT2D eigenvalue weighted by Gasteiger charge is 2.57. The maximum absolute atomic E-state index is 12.7. The van der Waals surface area contributed by atoms with Gasteiger partial charge in [0.15, 0.2) is 5.41 Å². The molecule has 1 saturated carbocycles. The van der Waals surface area contributed by atoms with Crippen LogP contribution in [0.3, 0.4) is 0 Å². The van der Waals surface area contributed by atoms with Crippen LogP contribution in [0, 0.1) is 5.41 Å². The molecule has 1 unspecified atom stereocenters. The monoisotopic (exact) mass is 238 g/mol. The summed E-state index contributed by atoms with van der Waals surface area (Å²) in [5.74, 6) is -1.13. The summed E-state index contributed by atoms with van der Waals surface area (Å²) in [6.07, 6.45) is -1.94. The number of rotatable bonds is 3. The Balaban J connectivity index is 2.68. The van der Waals surface area contributed by atoms with Crippen molar-refractivity contribution in [3.8, 4) is 0 Å². The molecule has 5 heteroatoms. The van der Waals surface area contributed by atoms with Crippen molar-refractivity contribution in [3.63, 3.8) is 0 Å². The summed E-state index contributed by atoms with van der Waals surface area (Å²) < 4.78 is 43.1. The van der Waals surface area contributed by atoms with Crippen molar-refractivity contribution in [1.29, 1.82) is 0 Å². The summed E-state index contributed by atoms with van der Waals surface area (Å²) in [5.41, 5.74) is -2.37. The Labute approximate surface area is 93.2 Å². The molecule has 0 saturated heterocycles. The Morgan fingerprint density at radius 1 is 1.31 bits per heavy atom. The smallest absolute Gasteiger partial charge is 0.404 e. The molecule has 0 bridgehead atoms. The van der Waals surface area contributed by atoms with Crippen LogP contribution in [0.15, 0.2) is 0 Å². The maximum Gasteiger partial charge on any atom is 0.404 e. The first kappa shape index (κ1) is 13.3. The number of carbonyl (C=O) groups is 1. The highest BCUT2D eigenvalue weighted by atomic mass is 19.4. The fraction of sp³-hybridized carbons (Fsp3) is 0.909. The average molecular weight is 238 g/mol. The quantitative estimate of drug-likeness (QED) is 0.704. The van der Waals surface area contributed by atoms with E-state index in [1.807, 2.05) is 0 Å². The predicted octanol–water partition coefficient (Wildman–Crippen LogP) is 3.45. The molecular weight excluding hydrogens is 221 g/mol. The third kappa shape index (κ3) is 2.50. The van der Waals surface area contributed by atoms with Crippen LogP contribution in [0.2, 0.25) is 0 Å². The average Bonchev–Trinajstić information content (AvgIpc) is 2.67. The second kappa shape index (κ2) is 4.63. The lowest BCUT2D eigenvalue weighted by atomic mass is 9.87. The molecule has 0 aliphatic heterocycles. The predicted molar refractivity (Wildman–Crippen MR) is 52.8 cm³/mol. The van der Waals surface area contributed by atoms with Crippen LogP contribution in [-0.2, 0) is 9.53 Å². The van der Waals surface area contributed by atoms with E-state index in [0.29, 0.717) is 12.8 Å². The first-order valence-corrected chi connectivity index (χ1v) is 5.59. The van der Waals surface area contributed by atoms with Crippen LogP contribution in [0.4, 0.5) is 13.2 Å². The van der Waals surface area contributed by atoms with Crippen molar-refractivity contribution in [3.05, 3.63) is 0 Å². The lowest BCUT2D eigenvalue weighted by Crippen LogP contribution is -2.44. The lowest BCUT2D eigenvalue weighted by Gasteiger charge is -2.29. The number of esters is 1. The Morgan fingerprint density at radius 2 is 1.81 bits per heavy atom. The molecular formula is C11H17F3O2. The largest absolute Gasteiger partial charge is 0.462 e. The molecule has 16 heavy (non-hydrogen) atoms. The molecule has 1 atom stereocenters.